The number of thiophene rings is 1. The molecule has 1 aromatic heterocycles. The molecule has 1 heterocycles. The van der Waals surface area contributed by atoms with Gasteiger partial charge in [0.25, 0.3) is 0 Å². The summed E-state index contributed by atoms with van der Waals surface area (Å²) >= 11 is 1.72. The third-order valence-corrected chi connectivity index (χ3v) is 3.13. The molecule has 0 bridgehead atoms. The number of aryl methyl sites for hydroxylation is 1. The van der Waals surface area contributed by atoms with Crippen LogP contribution in [0.1, 0.15) is 36.1 Å². The Morgan fingerprint density at radius 3 is 2.33 bits per heavy atom. The molecule has 1 nitrogen and oxygen atoms in total. The molecule has 12 heavy (non-hydrogen) atoms. The van der Waals surface area contributed by atoms with Gasteiger partial charge in [0.05, 0.1) is 5.56 Å². The molecule has 1 aromatic rings. The number of hydrogen-bond acceptors (Lipinski definition) is 2. The van der Waals surface area contributed by atoms with Gasteiger partial charge in [-0.15, -0.1) is 11.3 Å². The van der Waals surface area contributed by atoms with Crippen molar-refractivity contribution in [2.24, 2.45) is 0 Å². The van der Waals surface area contributed by atoms with Crippen molar-refractivity contribution in [3.05, 3.63) is 21.4 Å². The lowest BCUT2D eigenvalue weighted by atomic mass is 9.92. The summed E-state index contributed by atoms with van der Waals surface area (Å²) < 4.78 is 0. The van der Waals surface area contributed by atoms with Gasteiger partial charge in [0.15, 0.2) is 0 Å². The van der Waals surface area contributed by atoms with Crippen LogP contribution in [0, 0.1) is 18.3 Å². The van der Waals surface area contributed by atoms with Gasteiger partial charge in [0, 0.05) is 9.75 Å². The van der Waals surface area contributed by atoms with Crippen LogP contribution in [0.5, 0.6) is 0 Å². The van der Waals surface area contributed by atoms with Crippen LogP contribution < -0.4 is 0 Å². The van der Waals surface area contributed by atoms with E-state index >= 15 is 0 Å². The lowest BCUT2D eigenvalue weighted by Crippen LogP contribution is -2.09. The van der Waals surface area contributed by atoms with E-state index < -0.39 is 0 Å². The number of rotatable bonds is 0. The largest absolute Gasteiger partial charge is 0.192 e. The highest BCUT2D eigenvalue weighted by atomic mass is 32.1. The molecule has 0 spiro atoms. The van der Waals surface area contributed by atoms with Crippen molar-refractivity contribution in [2.75, 3.05) is 0 Å². The summed E-state index contributed by atoms with van der Waals surface area (Å²) in [7, 11) is 0. The molecule has 0 aromatic carbocycles. The maximum Gasteiger partial charge on any atom is 0.100 e. The monoisotopic (exact) mass is 179 g/mol. The van der Waals surface area contributed by atoms with E-state index in [0.29, 0.717) is 0 Å². The molecule has 1 rings (SSSR count). The molecule has 0 fully saturated rings. The average molecular weight is 179 g/mol. The Morgan fingerprint density at radius 1 is 1.42 bits per heavy atom. The molecule has 0 aliphatic heterocycles. The molecule has 64 valence electrons. The molecule has 0 unspecified atom stereocenters. The number of hydrogen-bond donors (Lipinski definition) is 0. The maximum atomic E-state index is 8.85. The minimum atomic E-state index is 0.101. The average Bonchev–Trinajstić information content (AvgIpc) is 2.29. The zero-order valence-electron chi connectivity index (χ0n) is 7.93. The Bertz CT molecular complexity index is 323. The fourth-order valence-electron chi connectivity index (χ4n) is 1.15. The Kier molecular flexibility index (Phi) is 2.25. The molecular weight excluding hydrogens is 166 g/mol. The highest BCUT2D eigenvalue weighted by molar-refractivity contribution is 7.12. The van der Waals surface area contributed by atoms with Crippen LogP contribution in [0.4, 0.5) is 0 Å². The van der Waals surface area contributed by atoms with Gasteiger partial charge in [-0.3, -0.25) is 0 Å². The van der Waals surface area contributed by atoms with Crippen molar-refractivity contribution in [3.63, 3.8) is 0 Å². The molecule has 0 aliphatic carbocycles. The van der Waals surface area contributed by atoms with Crippen molar-refractivity contribution in [1.82, 2.24) is 0 Å². The van der Waals surface area contributed by atoms with E-state index in [1.165, 1.54) is 9.75 Å². The Hall–Kier alpha value is -0.810. The molecule has 0 saturated heterocycles. The van der Waals surface area contributed by atoms with E-state index in [1.807, 2.05) is 13.0 Å². The van der Waals surface area contributed by atoms with Gasteiger partial charge < -0.3 is 0 Å². The van der Waals surface area contributed by atoms with Crippen molar-refractivity contribution in [2.45, 2.75) is 33.1 Å². The normalized spacial score (nSPS) is 11.2. The summed E-state index contributed by atoms with van der Waals surface area (Å²) in [5.74, 6) is 0. The topological polar surface area (TPSA) is 23.8 Å². The predicted molar refractivity (Wildman–Crippen MR) is 52.5 cm³/mol. The Labute approximate surface area is 77.7 Å². The van der Waals surface area contributed by atoms with Crippen LogP contribution in [0.2, 0.25) is 0 Å². The van der Waals surface area contributed by atoms with Crippen LogP contribution in [-0.4, -0.2) is 0 Å². The molecule has 2 heteroatoms. The molecule has 0 saturated carbocycles. The summed E-state index contributed by atoms with van der Waals surface area (Å²) in [5, 5.41) is 8.85. The molecule has 0 N–H and O–H groups in total. The highest BCUT2D eigenvalue weighted by Gasteiger charge is 2.20. The SMILES string of the molecule is Cc1cc(C#N)c(C(C)(C)C)s1. The van der Waals surface area contributed by atoms with Crippen LogP contribution in [-0.2, 0) is 5.41 Å². The zero-order chi connectivity index (χ0) is 9.35. The first-order chi connectivity index (χ1) is 5.45. The smallest absolute Gasteiger partial charge is 0.100 e. The van der Waals surface area contributed by atoms with Crippen LogP contribution in [0.3, 0.4) is 0 Å². The lowest BCUT2D eigenvalue weighted by Gasteiger charge is -2.16. The zero-order valence-corrected chi connectivity index (χ0v) is 8.75. The highest BCUT2D eigenvalue weighted by Crippen LogP contribution is 2.32. The fourth-order valence-corrected chi connectivity index (χ4v) is 2.17. The van der Waals surface area contributed by atoms with E-state index in [1.54, 1.807) is 11.3 Å². The minimum absolute atomic E-state index is 0.101. The minimum Gasteiger partial charge on any atom is -0.192 e. The van der Waals surface area contributed by atoms with Gasteiger partial charge in [0.1, 0.15) is 6.07 Å². The maximum absolute atomic E-state index is 8.85. The van der Waals surface area contributed by atoms with Gasteiger partial charge in [-0.05, 0) is 18.4 Å². The van der Waals surface area contributed by atoms with Gasteiger partial charge >= 0.3 is 0 Å². The molecule has 0 radical (unpaired) electrons. The van der Waals surface area contributed by atoms with Gasteiger partial charge in [-0.2, -0.15) is 5.26 Å². The summed E-state index contributed by atoms with van der Waals surface area (Å²) in [6.45, 7) is 8.46. The van der Waals surface area contributed by atoms with Gasteiger partial charge in [0.2, 0.25) is 0 Å². The van der Waals surface area contributed by atoms with Gasteiger partial charge in [-0.1, -0.05) is 20.8 Å². The Morgan fingerprint density at radius 2 is 2.00 bits per heavy atom. The first-order valence-corrected chi connectivity index (χ1v) is 4.78. The predicted octanol–water partition coefficient (Wildman–Crippen LogP) is 3.23. The van der Waals surface area contributed by atoms with Crippen molar-refractivity contribution in [3.8, 4) is 6.07 Å². The molecule has 0 aliphatic rings. The van der Waals surface area contributed by atoms with E-state index in [9.17, 15) is 0 Å². The first kappa shape index (κ1) is 9.28. The second-order valence-corrected chi connectivity index (χ2v) is 5.22. The van der Waals surface area contributed by atoms with Crippen molar-refractivity contribution >= 4 is 11.3 Å². The lowest BCUT2D eigenvalue weighted by molar-refractivity contribution is 0.602. The summed E-state index contributed by atoms with van der Waals surface area (Å²) in [4.78, 5) is 2.42. The molecular formula is C10H13NS. The Balaban J connectivity index is 3.25. The number of nitrogens with zero attached hydrogens (tertiary/aromatic N) is 1. The summed E-state index contributed by atoms with van der Waals surface area (Å²) in [5.41, 5.74) is 0.939. The molecule has 0 amide bonds. The quantitative estimate of drug-likeness (QED) is 0.600. The van der Waals surface area contributed by atoms with E-state index in [0.717, 1.165) is 5.56 Å². The fraction of sp³-hybridized carbons (Fsp3) is 0.500. The van der Waals surface area contributed by atoms with Gasteiger partial charge in [-0.25, -0.2) is 0 Å². The van der Waals surface area contributed by atoms with E-state index in [4.69, 9.17) is 5.26 Å². The van der Waals surface area contributed by atoms with Crippen LogP contribution in [0.25, 0.3) is 0 Å². The third-order valence-electron chi connectivity index (χ3n) is 1.66. The second-order valence-electron chi connectivity index (χ2n) is 3.96. The van der Waals surface area contributed by atoms with Crippen molar-refractivity contribution < 1.29 is 0 Å². The summed E-state index contributed by atoms with van der Waals surface area (Å²) in [6, 6.07) is 4.20. The first-order valence-electron chi connectivity index (χ1n) is 3.96. The summed E-state index contributed by atoms with van der Waals surface area (Å²) in [6.07, 6.45) is 0. The third kappa shape index (κ3) is 1.67. The van der Waals surface area contributed by atoms with Crippen LogP contribution in [0.15, 0.2) is 6.07 Å². The van der Waals surface area contributed by atoms with E-state index in [-0.39, 0.29) is 5.41 Å². The van der Waals surface area contributed by atoms with Crippen LogP contribution >= 0.6 is 11.3 Å². The van der Waals surface area contributed by atoms with E-state index in [2.05, 4.69) is 26.8 Å². The van der Waals surface area contributed by atoms with Crippen molar-refractivity contribution in [1.29, 1.82) is 5.26 Å². The standard InChI is InChI=1S/C10H13NS/c1-7-5-8(6-11)9(12-7)10(2,3)4/h5H,1-4H3. The molecule has 0 atom stereocenters. The number of nitriles is 1. The second kappa shape index (κ2) is 2.91.